The molecule has 0 bridgehead atoms. The Morgan fingerprint density at radius 1 is 0.646 bits per heavy atom. The number of rotatable bonds is 2. The van der Waals surface area contributed by atoms with Gasteiger partial charge in [-0.1, -0.05) is 76.3 Å². The molecule has 0 radical (unpaired) electrons. The molecule has 248 valence electrons. The summed E-state index contributed by atoms with van der Waals surface area (Å²) >= 11 is 36.9. The van der Waals surface area contributed by atoms with Crippen LogP contribution in [0.25, 0.3) is 11.1 Å². The van der Waals surface area contributed by atoms with Crippen molar-refractivity contribution >= 4 is 72.8 Å². The molecule has 0 saturated carbocycles. The quantitative estimate of drug-likeness (QED) is 0.123. The van der Waals surface area contributed by atoms with Crippen LogP contribution in [0.15, 0.2) is 97.1 Å². The molecule has 7 heteroatoms. The van der Waals surface area contributed by atoms with Crippen molar-refractivity contribution in [2.24, 2.45) is 0 Å². The van der Waals surface area contributed by atoms with E-state index in [-0.39, 0.29) is 10.8 Å². The van der Waals surface area contributed by atoms with E-state index < -0.39 is 7.59 Å². The number of fused-ring (bicyclic) bond motifs is 3. The first kappa shape index (κ1) is 39.6. The van der Waals surface area contributed by atoms with Gasteiger partial charge in [-0.2, -0.15) is 35.4 Å². The number of hydrogen-bond acceptors (Lipinski definition) is 0. The van der Waals surface area contributed by atoms with Crippen molar-refractivity contribution in [3.63, 3.8) is 0 Å². The van der Waals surface area contributed by atoms with Gasteiger partial charge < -0.3 is 0 Å². The van der Waals surface area contributed by atoms with Crippen molar-refractivity contribution in [2.75, 3.05) is 0 Å². The monoisotopic (exact) mass is 830 g/mol. The van der Waals surface area contributed by atoms with Crippen LogP contribution in [0.5, 0.6) is 0 Å². The van der Waals surface area contributed by atoms with Crippen LogP contribution in [0, 0.1) is 12.1 Å². The van der Waals surface area contributed by atoms with Crippen LogP contribution < -0.4 is 0 Å². The zero-order valence-electron chi connectivity index (χ0n) is 27.9. The Morgan fingerprint density at radius 2 is 1.19 bits per heavy atom. The molecule has 0 nitrogen and oxygen atoms in total. The molecule has 4 aromatic rings. The fourth-order valence-electron chi connectivity index (χ4n) is 5.19. The van der Waals surface area contributed by atoms with E-state index in [2.05, 4.69) is 90.1 Å². The van der Waals surface area contributed by atoms with Crippen molar-refractivity contribution in [3.8, 4) is 11.1 Å². The Kier molecular flexibility index (Phi) is 13.2. The van der Waals surface area contributed by atoms with Gasteiger partial charge in [0.1, 0.15) is 0 Å². The number of benzene rings is 4. The molecule has 0 saturated heterocycles. The molecule has 48 heavy (non-hydrogen) atoms. The molecule has 0 spiro atoms. The molecule has 2 aliphatic rings. The first-order valence-corrected chi connectivity index (χ1v) is 19.1. The minimum Gasteiger partial charge on any atom is -0.273 e. The van der Waals surface area contributed by atoms with Gasteiger partial charge in [-0.3, -0.25) is 6.08 Å². The zero-order valence-corrected chi connectivity index (χ0v) is 34.9. The van der Waals surface area contributed by atoms with E-state index in [1.807, 2.05) is 48.6 Å². The summed E-state index contributed by atoms with van der Waals surface area (Å²) in [6, 6.07) is 30.0. The molecule has 0 atom stereocenters. The van der Waals surface area contributed by atoms with Crippen LogP contribution in [-0.2, 0) is 49.1 Å². The average Bonchev–Trinajstić information content (AvgIpc) is 3.71. The van der Waals surface area contributed by atoms with E-state index in [1.165, 1.54) is 57.6 Å². The van der Waals surface area contributed by atoms with E-state index >= 15 is 0 Å². The topological polar surface area (TPSA) is 0 Å². The molecule has 0 heterocycles. The van der Waals surface area contributed by atoms with Gasteiger partial charge in [0.2, 0.25) is 0 Å². The van der Waals surface area contributed by atoms with Gasteiger partial charge in [0, 0.05) is 0 Å². The number of hydrogen-bond donors (Lipinski definition) is 0. The minimum atomic E-state index is -1.45. The average molecular weight is 835 g/mol. The van der Waals surface area contributed by atoms with E-state index in [0.29, 0.717) is 11.1 Å². The maximum atomic E-state index is 5.94. The molecule has 0 N–H and O–H groups in total. The maximum absolute atomic E-state index is 5.94. The van der Waals surface area contributed by atoms with Gasteiger partial charge in [-0.05, 0) is 17.4 Å². The van der Waals surface area contributed by atoms with E-state index in [0.717, 1.165) is 27.2 Å². The second-order valence-corrected chi connectivity index (χ2v) is 19.7. The molecular weight excluding hydrogens is 796 g/mol. The van der Waals surface area contributed by atoms with Crippen molar-refractivity contribution < 1.29 is 24.2 Å². The second kappa shape index (κ2) is 16.0. The second-order valence-electron chi connectivity index (χ2n) is 13.9. The molecule has 0 unspecified atom stereocenters. The number of allylic oxidation sites excluding steroid dienone is 4. The summed E-state index contributed by atoms with van der Waals surface area (Å²) in [5.74, 6) is 0. The molecule has 4 aromatic carbocycles. The third kappa shape index (κ3) is 10.7. The van der Waals surface area contributed by atoms with Crippen molar-refractivity contribution in [1.82, 2.24) is 0 Å². The third-order valence-electron chi connectivity index (χ3n) is 8.07. The van der Waals surface area contributed by atoms with Crippen molar-refractivity contribution in [3.05, 3.63) is 154 Å². The molecule has 0 aromatic heterocycles. The molecule has 6 rings (SSSR count). The van der Waals surface area contributed by atoms with Crippen LogP contribution in [-0.4, -0.2) is 3.21 Å². The Bertz CT molecular complexity index is 1690. The first-order chi connectivity index (χ1) is 22.2. The maximum Gasteiger partial charge on any atom is -0.109 e. The summed E-state index contributed by atoms with van der Waals surface area (Å²) in [6.07, 6.45) is 11.0. The fraction of sp³-hybridized carbons (Fsp3) is 0.293. The minimum absolute atomic E-state index is 0.177. The van der Waals surface area contributed by atoms with E-state index in [4.69, 9.17) is 69.6 Å². The van der Waals surface area contributed by atoms with Crippen LogP contribution in [0.3, 0.4) is 0 Å². The summed E-state index contributed by atoms with van der Waals surface area (Å²) in [4.78, 5) is 0. The summed E-state index contributed by atoms with van der Waals surface area (Å²) in [5.41, 5.74) is 11.9. The Hall–Kier alpha value is -1.15. The molecule has 0 amide bonds. The van der Waals surface area contributed by atoms with Gasteiger partial charge in [-0.15, -0.1) is 12.0 Å². The normalized spacial score (nSPS) is 13.6. The number of alkyl halides is 6. The summed E-state index contributed by atoms with van der Waals surface area (Å²) in [7, 11) is 0. The van der Waals surface area contributed by atoms with Crippen LogP contribution in [0.4, 0.5) is 0 Å². The van der Waals surface area contributed by atoms with Crippen LogP contribution in [0.2, 0.25) is 0 Å². The first-order valence-electron chi connectivity index (χ1n) is 15.6. The Morgan fingerprint density at radius 3 is 1.62 bits per heavy atom. The Balaban J connectivity index is 0.000000189. The van der Waals surface area contributed by atoms with E-state index in [9.17, 15) is 0 Å². The SMILES string of the molecule is CC(C)(C)c1c[c-]c2c(c1)-c1cc(C(C)(C)C)ccc1C2.ClC(Cl)(Cl)c1cccc([C](=[Zr+2])c2cccc(C(Cl)(Cl)Cl)c2)c1.[C-]1=CC=CC1. The predicted octanol–water partition coefficient (Wildman–Crippen LogP) is 13.4. The van der Waals surface area contributed by atoms with Gasteiger partial charge in [0.05, 0.1) is 0 Å². The van der Waals surface area contributed by atoms with E-state index in [1.54, 1.807) is 12.1 Å². The molecular formula is C41H38Cl6Zr. The molecule has 2 aliphatic carbocycles. The zero-order chi connectivity index (χ0) is 35.5. The summed E-state index contributed by atoms with van der Waals surface area (Å²) in [6.45, 7) is 13.6. The van der Waals surface area contributed by atoms with Crippen LogP contribution >= 0.6 is 69.6 Å². The smallest absolute Gasteiger partial charge is 0.109 e. The Labute approximate surface area is 331 Å². The van der Waals surface area contributed by atoms with Gasteiger partial charge in [0.15, 0.2) is 0 Å². The fourth-order valence-corrected chi connectivity index (χ4v) is 6.66. The summed E-state index contributed by atoms with van der Waals surface area (Å²) < 4.78 is -1.82. The predicted molar refractivity (Wildman–Crippen MR) is 207 cm³/mol. The van der Waals surface area contributed by atoms with Gasteiger partial charge >= 0.3 is 175 Å². The largest absolute Gasteiger partial charge is 0.273 e. The third-order valence-corrected chi connectivity index (χ3v) is 10.8. The molecule has 0 fully saturated rings. The van der Waals surface area contributed by atoms with Gasteiger partial charge in [0.25, 0.3) is 0 Å². The molecule has 0 aliphatic heterocycles. The van der Waals surface area contributed by atoms with Crippen LogP contribution in [0.1, 0.15) is 92.5 Å². The number of halogens is 6. The summed E-state index contributed by atoms with van der Waals surface area (Å²) in [5, 5.41) is 0. The standard InChI is InChI=1S/C21H25.C15H8Cl6.C5H5.Zr/c1-20(2,3)16-9-7-14-11-15-8-10-17(21(4,5)6)13-19(15)18(14)12-16;16-14(17,18)12-5-1-3-10(8-12)7-11-4-2-6-13(9-11)15(19,20)21;1-2-4-5-3-1;/h7,9-10,12-13H,11H2,1-6H3;1-6,8-9H;1-3H,4H2;/q-1;;-1;+2. The van der Waals surface area contributed by atoms with Crippen molar-refractivity contribution in [2.45, 2.75) is 72.8 Å². The van der Waals surface area contributed by atoms with Gasteiger partial charge in [-0.25, -0.2) is 12.2 Å². The van der Waals surface area contributed by atoms with Crippen molar-refractivity contribution in [1.29, 1.82) is 0 Å².